The van der Waals surface area contributed by atoms with Crippen LogP contribution in [0.5, 0.6) is 0 Å². The van der Waals surface area contributed by atoms with Crippen LogP contribution in [0.15, 0.2) is 29.4 Å². The summed E-state index contributed by atoms with van der Waals surface area (Å²) in [4.78, 5) is 28.8. The van der Waals surface area contributed by atoms with Crippen LogP contribution in [0.4, 0.5) is 5.69 Å². The molecule has 0 saturated heterocycles. The minimum absolute atomic E-state index is 0.0325. The van der Waals surface area contributed by atoms with E-state index in [1.165, 1.54) is 49.6 Å². The average Bonchev–Trinajstić information content (AvgIpc) is 3.01. The Bertz CT molecular complexity index is 836. The van der Waals surface area contributed by atoms with Gasteiger partial charge in [0.05, 0.1) is 11.4 Å². The Morgan fingerprint density at radius 3 is 2.46 bits per heavy atom. The number of carbonyl (C=O) groups is 2. The first-order valence-corrected chi connectivity index (χ1v) is 11.1. The maximum absolute atomic E-state index is 12.6. The van der Waals surface area contributed by atoms with Crippen molar-refractivity contribution in [2.75, 3.05) is 11.1 Å². The van der Waals surface area contributed by atoms with Crippen LogP contribution in [-0.2, 0) is 4.79 Å². The second-order valence-electron chi connectivity index (χ2n) is 7.42. The molecular formula is C22H29N3O2S. The number of aromatic nitrogens is 2. The minimum Gasteiger partial charge on any atom is -0.326 e. The molecule has 5 nitrogen and oxygen atoms in total. The zero-order valence-electron chi connectivity index (χ0n) is 17.0. The van der Waals surface area contributed by atoms with Gasteiger partial charge in [0.15, 0.2) is 10.9 Å². The summed E-state index contributed by atoms with van der Waals surface area (Å²) < 4.78 is 2.36. The molecule has 1 fully saturated rings. The molecule has 0 spiro atoms. The molecule has 1 amide bonds. The Hall–Kier alpha value is -2.08. The Morgan fingerprint density at radius 2 is 1.82 bits per heavy atom. The molecule has 28 heavy (non-hydrogen) atoms. The smallest absolute Gasteiger partial charge is 0.224 e. The highest BCUT2D eigenvalue weighted by molar-refractivity contribution is 7.99. The summed E-state index contributed by atoms with van der Waals surface area (Å²) in [5.74, 6) is 0.408. The van der Waals surface area contributed by atoms with Gasteiger partial charge in [-0.1, -0.05) is 37.9 Å². The van der Waals surface area contributed by atoms with Gasteiger partial charge in [0.2, 0.25) is 5.91 Å². The molecule has 1 N–H and O–H groups in total. The number of hydrogen-bond acceptors (Lipinski definition) is 4. The van der Waals surface area contributed by atoms with Gasteiger partial charge in [-0.15, -0.1) is 0 Å². The predicted octanol–water partition coefficient (Wildman–Crippen LogP) is 5.33. The molecule has 0 bridgehead atoms. The number of rotatable bonds is 7. The third kappa shape index (κ3) is 4.85. The fraction of sp³-hybridized carbons (Fsp3) is 0.500. The van der Waals surface area contributed by atoms with Crippen molar-refractivity contribution >= 4 is 29.1 Å². The van der Waals surface area contributed by atoms with Crippen molar-refractivity contribution in [2.45, 2.75) is 70.5 Å². The summed E-state index contributed by atoms with van der Waals surface area (Å²) in [6.07, 6.45) is 6.69. The Labute approximate surface area is 171 Å². The molecular weight excluding hydrogens is 370 g/mol. The van der Waals surface area contributed by atoms with Crippen molar-refractivity contribution < 1.29 is 9.59 Å². The van der Waals surface area contributed by atoms with Gasteiger partial charge in [0.25, 0.3) is 0 Å². The highest BCUT2D eigenvalue weighted by atomic mass is 32.2. The molecule has 0 radical (unpaired) electrons. The summed E-state index contributed by atoms with van der Waals surface area (Å²) >= 11 is 1.53. The van der Waals surface area contributed by atoms with Gasteiger partial charge in [0.1, 0.15) is 0 Å². The van der Waals surface area contributed by atoms with Crippen molar-refractivity contribution in [3.63, 3.8) is 0 Å². The first-order chi connectivity index (χ1) is 13.5. The zero-order valence-corrected chi connectivity index (χ0v) is 17.8. The van der Waals surface area contributed by atoms with E-state index >= 15 is 0 Å². The van der Waals surface area contributed by atoms with Gasteiger partial charge < -0.3 is 9.88 Å². The van der Waals surface area contributed by atoms with Gasteiger partial charge in [-0.3, -0.25) is 9.59 Å². The van der Waals surface area contributed by atoms with Gasteiger partial charge in [-0.2, -0.15) is 0 Å². The van der Waals surface area contributed by atoms with Gasteiger partial charge >= 0.3 is 0 Å². The molecule has 0 atom stereocenters. The van der Waals surface area contributed by atoms with E-state index in [1.54, 1.807) is 24.3 Å². The number of amides is 1. The molecule has 0 unspecified atom stereocenters. The summed E-state index contributed by atoms with van der Waals surface area (Å²) in [5.41, 5.74) is 3.65. The Morgan fingerprint density at radius 1 is 1.14 bits per heavy atom. The van der Waals surface area contributed by atoms with E-state index in [9.17, 15) is 9.59 Å². The number of benzene rings is 1. The second-order valence-corrected chi connectivity index (χ2v) is 8.36. The fourth-order valence-electron chi connectivity index (χ4n) is 3.67. The number of Topliss-reactive ketones (excluding diaryl/α,β-unsaturated/α-hetero) is 1. The number of hydrogen-bond donors (Lipinski definition) is 1. The van der Waals surface area contributed by atoms with Crippen molar-refractivity contribution in [1.29, 1.82) is 0 Å². The topological polar surface area (TPSA) is 64.0 Å². The molecule has 1 aliphatic rings. The van der Waals surface area contributed by atoms with E-state index in [4.69, 9.17) is 4.98 Å². The van der Waals surface area contributed by atoms with Gasteiger partial charge in [0, 0.05) is 29.4 Å². The third-order valence-electron chi connectivity index (χ3n) is 5.44. The second kappa shape index (κ2) is 9.41. The molecule has 1 aromatic carbocycles. The lowest BCUT2D eigenvalue weighted by atomic mass is 9.95. The lowest BCUT2D eigenvalue weighted by Gasteiger charge is -2.26. The number of aryl methyl sites for hydroxylation is 1. The molecule has 150 valence electrons. The van der Waals surface area contributed by atoms with Crippen LogP contribution in [0.25, 0.3) is 0 Å². The minimum atomic E-state index is -0.0325. The lowest BCUT2D eigenvalue weighted by Crippen LogP contribution is -2.15. The molecule has 0 aliphatic heterocycles. The molecule has 2 aromatic rings. The van der Waals surface area contributed by atoms with E-state index in [1.807, 2.05) is 13.8 Å². The summed E-state index contributed by atoms with van der Waals surface area (Å²) in [6, 6.07) is 7.62. The molecule has 6 heteroatoms. The number of imidazole rings is 1. The van der Waals surface area contributed by atoms with Crippen LogP contribution < -0.4 is 5.32 Å². The number of nitrogens with zero attached hydrogens (tertiary/aromatic N) is 2. The molecule has 1 aromatic heterocycles. The van der Waals surface area contributed by atoms with Crippen LogP contribution >= 0.6 is 11.8 Å². The van der Waals surface area contributed by atoms with Gasteiger partial charge in [-0.25, -0.2) is 4.98 Å². The maximum atomic E-state index is 12.6. The van der Waals surface area contributed by atoms with E-state index in [0.29, 0.717) is 23.8 Å². The zero-order chi connectivity index (χ0) is 20.1. The molecule has 1 saturated carbocycles. The summed E-state index contributed by atoms with van der Waals surface area (Å²) in [7, 11) is 0. The Balaban J connectivity index is 1.66. The van der Waals surface area contributed by atoms with Crippen LogP contribution in [-0.4, -0.2) is 27.0 Å². The average molecular weight is 400 g/mol. The largest absolute Gasteiger partial charge is 0.326 e. The standard InChI is InChI=1S/C22H29N3O2S/c1-4-21(27)24-18-12-10-17(11-13-18)20(26)14-28-22-23-15(2)16(3)25(22)19-8-6-5-7-9-19/h10-13,19H,4-9,14H2,1-3H3,(H,24,27). The molecule has 1 aliphatic carbocycles. The quantitative estimate of drug-likeness (QED) is 0.505. The lowest BCUT2D eigenvalue weighted by molar-refractivity contribution is -0.115. The fourth-order valence-corrected chi connectivity index (χ4v) is 4.72. The Kier molecular flexibility index (Phi) is 6.94. The third-order valence-corrected chi connectivity index (χ3v) is 6.39. The van der Waals surface area contributed by atoms with Crippen LogP contribution in [0.2, 0.25) is 0 Å². The number of ketones is 1. The van der Waals surface area contributed by atoms with E-state index in [-0.39, 0.29) is 11.7 Å². The number of carbonyl (C=O) groups excluding carboxylic acids is 2. The first-order valence-electron chi connectivity index (χ1n) is 10.1. The first kappa shape index (κ1) is 20.6. The van der Waals surface area contributed by atoms with E-state index in [2.05, 4.69) is 16.8 Å². The molecule has 1 heterocycles. The van der Waals surface area contributed by atoms with E-state index in [0.717, 1.165) is 16.5 Å². The highest BCUT2D eigenvalue weighted by Gasteiger charge is 2.22. The monoisotopic (exact) mass is 399 g/mol. The highest BCUT2D eigenvalue weighted by Crippen LogP contribution is 2.34. The van der Waals surface area contributed by atoms with Crippen LogP contribution in [0, 0.1) is 13.8 Å². The molecule has 3 rings (SSSR count). The van der Waals surface area contributed by atoms with Crippen molar-refractivity contribution in [3.8, 4) is 0 Å². The predicted molar refractivity (Wildman–Crippen MR) is 114 cm³/mol. The normalized spacial score (nSPS) is 14.8. The van der Waals surface area contributed by atoms with Gasteiger partial charge in [-0.05, 0) is 51.0 Å². The van der Waals surface area contributed by atoms with Crippen molar-refractivity contribution in [2.24, 2.45) is 0 Å². The summed E-state index contributed by atoms with van der Waals surface area (Å²) in [5, 5.41) is 3.76. The maximum Gasteiger partial charge on any atom is 0.224 e. The number of thioether (sulfide) groups is 1. The summed E-state index contributed by atoms with van der Waals surface area (Å²) in [6.45, 7) is 5.99. The van der Waals surface area contributed by atoms with Crippen LogP contribution in [0.1, 0.15) is 73.2 Å². The number of anilines is 1. The van der Waals surface area contributed by atoms with Crippen molar-refractivity contribution in [3.05, 3.63) is 41.2 Å². The van der Waals surface area contributed by atoms with Crippen molar-refractivity contribution in [1.82, 2.24) is 9.55 Å². The van der Waals surface area contributed by atoms with E-state index < -0.39 is 0 Å². The van der Waals surface area contributed by atoms with Crippen LogP contribution in [0.3, 0.4) is 0 Å². The number of nitrogens with one attached hydrogen (secondary N) is 1. The SMILES string of the molecule is CCC(=O)Nc1ccc(C(=O)CSc2nc(C)c(C)n2C2CCCCC2)cc1.